The second kappa shape index (κ2) is 8.38. The second-order valence-corrected chi connectivity index (χ2v) is 7.11. The van der Waals surface area contributed by atoms with E-state index in [1.54, 1.807) is 37.3 Å². The van der Waals surface area contributed by atoms with Crippen molar-refractivity contribution in [3.8, 4) is 28.4 Å². The fraction of sp³-hybridized carbons (Fsp3) is 0.250. The molecular weight excluding hydrogens is 396 g/mol. The zero-order chi connectivity index (χ0) is 21.3. The van der Waals surface area contributed by atoms with E-state index in [1.165, 1.54) is 12.1 Å². The molecule has 1 aliphatic heterocycles. The molecule has 30 heavy (non-hydrogen) atoms. The van der Waals surface area contributed by atoms with Crippen molar-refractivity contribution in [2.75, 3.05) is 13.3 Å². The van der Waals surface area contributed by atoms with Gasteiger partial charge in [-0.15, -0.1) is 0 Å². The highest BCUT2D eigenvalue weighted by Gasteiger charge is 2.29. The average molecular weight is 416 g/mol. The summed E-state index contributed by atoms with van der Waals surface area (Å²) in [7, 11) is 0. The first-order chi connectivity index (χ1) is 14.5. The molecule has 6 heteroatoms. The molecule has 3 aromatic carbocycles. The van der Waals surface area contributed by atoms with Crippen molar-refractivity contribution in [2.45, 2.75) is 26.2 Å². The summed E-state index contributed by atoms with van der Waals surface area (Å²) in [4.78, 5) is 0. The highest BCUT2D eigenvalue weighted by Crippen LogP contribution is 2.44. The minimum atomic E-state index is -1.16. The van der Waals surface area contributed by atoms with E-state index >= 15 is 0 Å². The van der Waals surface area contributed by atoms with Crippen LogP contribution in [0.1, 0.15) is 30.0 Å². The molecule has 0 saturated heterocycles. The maximum Gasteiger partial charge on any atom is 0.207 e. The molecule has 0 amide bonds. The third-order valence-electron chi connectivity index (χ3n) is 5.13. The van der Waals surface area contributed by atoms with Crippen LogP contribution in [0.4, 0.5) is 17.6 Å². The van der Waals surface area contributed by atoms with Crippen molar-refractivity contribution in [1.82, 2.24) is 0 Å². The number of benzene rings is 3. The molecule has 0 radical (unpaired) electrons. The minimum absolute atomic E-state index is 0.00468. The molecule has 3 aromatic rings. The van der Waals surface area contributed by atoms with Gasteiger partial charge in [0.05, 0.1) is 13.3 Å². The van der Waals surface area contributed by atoms with Gasteiger partial charge in [0.15, 0.2) is 23.1 Å². The monoisotopic (exact) mass is 416 g/mol. The first-order valence-corrected chi connectivity index (χ1v) is 9.81. The van der Waals surface area contributed by atoms with Gasteiger partial charge in [0.2, 0.25) is 11.6 Å². The Morgan fingerprint density at radius 2 is 1.63 bits per heavy atom. The quantitative estimate of drug-likeness (QED) is 0.323. The van der Waals surface area contributed by atoms with E-state index in [4.69, 9.17) is 9.47 Å². The molecule has 2 nitrogen and oxygen atoms in total. The van der Waals surface area contributed by atoms with Crippen LogP contribution in [0, 0.1) is 17.5 Å². The van der Waals surface area contributed by atoms with Gasteiger partial charge >= 0.3 is 0 Å². The molecule has 0 aliphatic carbocycles. The summed E-state index contributed by atoms with van der Waals surface area (Å²) in [6.07, 6.45) is 1.20. The Kier molecular flexibility index (Phi) is 5.66. The summed E-state index contributed by atoms with van der Waals surface area (Å²) < 4.78 is 67.3. The third-order valence-corrected chi connectivity index (χ3v) is 5.13. The van der Waals surface area contributed by atoms with E-state index < -0.39 is 24.1 Å². The summed E-state index contributed by atoms with van der Waals surface area (Å²) in [6.45, 7) is 1.59. The van der Waals surface area contributed by atoms with Gasteiger partial charge in [0.25, 0.3) is 0 Å². The van der Waals surface area contributed by atoms with Gasteiger partial charge in [-0.25, -0.2) is 4.39 Å². The predicted octanol–water partition coefficient (Wildman–Crippen LogP) is 6.77. The Morgan fingerprint density at radius 1 is 0.900 bits per heavy atom. The number of aryl methyl sites for hydroxylation is 1. The third kappa shape index (κ3) is 3.62. The second-order valence-electron chi connectivity index (χ2n) is 7.11. The summed E-state index contributed by atoms with van der Waals surface area (Å²) in [5, 5.41) is 0. The minimum Gasteiger partial charge on any atom is -0.491 e. The normalized spacial score (nSPS) is 12.2. The van der Waals surface area contributed by atoms with E-state index in [0.29, 0.717) is 29.5 Å². The Morgan fingerprint density at radius 3 is 2.33 bits per heavy atom. The van der Waals surface area contributed by atoms with Gasteiger partial charge < -0.3 is 9.47 Å². The Bertz CT molecular complexity index is 1080. The van der Waals surface area contributed by atoms with Crippen LogP contribution >= 0.6 is 0 Å². The van der Waals surface area contributed by atoms with Crippen LogP contribution < -0.4 is 9.47 Å². The molecule has 0 saturated carbocycles. The molecule has 0 spiro atoms. The van der Waals surface area contributed by atoms with Crippen LogP contribution in [0.3, 0.4) is 0 Å². The van der Waals surface area contributed by atoms with Gasteiger partial charge in [-0.1, -0.05) is 30.3 Å². The maximum atomic E-state index is 14.9. The largest absolute Gasteiger partial charge is 0.491 e. The fourth-order valence-corrected chi connectivity index (χ4v) is 3.64. The van der Waals surface area contributed by atoms with E-state index in [9.17, 15) is 17.6 Å². The topological polar surface area (TPSA) is 18.5 Å². The fourth-order valence-electron chi connectivity index (χ4n) is 3.64. The molecule has 0 unspecified atom stereocenters. The Hall–Kier alpha value is -3.02. The van der Waals surface area contributed by atoms with Gasteiger partial charge in [-0.3, -0.25) is 4.39 Å². The van der Waals surface area contributed by atoms with Gasteiger partial charge in [0.1, 0.15) is 0 Å². The number of rotatable bonds is 6. The highest BCUT2D eigenvalue weighted by molar-refractivity contribution is 5.69. The predicted molar refractivity (Wildman–Crippen MR) is 107 cm³/mol. The first-order valence-electron chi connectivity index (χ1n) is 9.81. The van der Waals surface area contributed by atoms with Gasteiger partial charge in [-0.05, 0) is 43.0 Å². The standard InChI is InChI=1S/C24H20F4O2/c1-2-29-19-10-9-16-12-17-13-18(15-7-5-14(6-8-15)4-3-11-25)20(26)22(28)24(17)30-23(16)21(19)27/h5-10,13H,2-4,11-12H2,1H3. The molecular formula is C24H20F4O2. The van der Waals surface area contributed by atoms with Gasteiger partial charge in [0, 0.05) is 23.1 Å². The zero-order valence-electron chi connectivity index (χ0n) is 16.4. The first kappa shape index (κ1) is 20.3. The highest BCUT2D eigenvalue weighted by atomic mass is 19.2. The molecule has 0 aromatic heterocycles. The lowest BCUT2D eigenvalue weighted by molar-refractivity contribution is 0.310. The van der Waals surface area contributed by atoms with Crippen LogP contribution in [-0.4, -0.2) is 13.3 Å². The number of alkyl halides is 1. The molecule has 0 fully saturated rings. The van der Waals surface area contributed by atoms with E-state index in [2.05, 4.69) is 0 Å². The summed E-state index contributed by atoms with van der Waals surface area (Å²) in [5.41, 5.74) is 2.49. The van der Waals surface area contributed by atoms with Crippen LogP contribution in [0.5, 0.6) is 17.2 Å². The zero-order valence-corrected chi connectivity index (χ0v) is 16.4. The molecule has 0 atom stereocenters. The van der Waals surface area contributed by atoms with Crippen molar-refractivity contribution in [3.63, 3.8) is 0 Å². The van der Waals surface area contributed by atoms with E-state index in [1.807, 2.05) is 0 Å². The van der Waals surface area contributed by atoms with E-state index in [-0.39, 0.29) is 35.8 Å². The summed E-state index contributed by atoms with van der Waals surface area (Å²) >= 11 is 0. The van der Waals surface area contributed by atoms with Crippen molar-refractivity contribution >= 4 is 0 Å². The van der Waals surface area contributed by atoms with Crippen LogP contribution in [-0.2, 0) is 12.8 Å². The van der Waals surface area contributed by atoms with Crippen LogP contribution in [0.25, 0.3) is 11.1 Å². The number of hydrogen-bond acceptors (Lipinski definition) is 2. The van der Waals surface area contributed by atoms with Gasteiger partial charge in [-0.2, -0.15) is 8.78 Å². The maximum absolute atomic E-state index is 14.9. The number of halogens is 4. The smallest absolute Gasteiger partial charge is 0.207 e. The summed E-state index contributed by atoms with van der Waals surface area (Å²) in [6, 6.07) is 11.6. The molecule has 0 N–H and O–H groups in total. The van der Waals surface area contributed by atoms with Crippen molar-refractivity contribution < 1.29 is 27.0 Å². The molecule has 156 valence electrons. The van der Waals surface area contributed by atoms with Crippen molar-refractivity contribution in [1.29, 1.82) is 0 Å². The van der Waals surface area contributed by atoms with Crippen LogP contribution in [0.2, 0.25) is 0 Å². The van der Waals surface area contributed by atoms with Crippen LogP contribution in [0.15, 0.2) is 42.5 Å². The lowest BCUT2D eigenvalue weighted by Crippen LogP contribution is -2.10. The Labute approximate surface area is 172 Å². The molecule has 0 bridgehead atoms. The molecule has 1 aliphatic rings. The van der Waals surface area contributed by atoms with E-state index in [0.717, 1.165) is 5.56 Å². The lowest BCUT2D eigenvalue weighted by Gasteiger charge is -2.23. The summed E-state index contributed by atoms with van der Waals surface area (Å²) in [5.74, 6) is -3.39. The SMILES string of the molecule is CCOc1ccc2c(c1F)Oc1c(cc(-c3ccc(CCCF)cc3)c(F)c1F)C2. The van der Waals surface area contributed by atoms with Crippen molar-refractivity contribution in [3.05, 3.63) is 76.6 Å². The average Bonchev–Trinajstić information content (AvgIpc) is 2.76. The molecule has 1 heterocycles. The number of hydrogen-bond donors (Lipinski definition) is 0. The van der Waals surface area contributed by atoms with Crippen molar-refractivity contribution in [2.24, 2.45) is 0 Å². The Balaban J connectivity index is 1.70. The lowest BCUT2D eigenvalue weighted by atomic mass is 9.94. The number of ether oxygens (including phenoxy) is 2. The number of fused-ring (bicyclic) bond motifs is 2. The molecule has 4 rings (SSSR count).